The highest BCUT2D eigenvalue weighted by molar-refractivity contribution is 6.00. The van der Waals surface area contributed by atoms with Crippen LogP contribution in [0, 0.1) is 17.8 Å². The van der Waals surface area contributed by atoms with Crippen molar-refractivity contribution in [1.29, 1.82) is 0 Å². The summed E-state index contributed by atoms with van der Waals surface area (Å²) in [4.78, 5) is 71.3. The summed E-state index contributed by atoms with van der Waals surface area (Å²) in [5, 5.41) is 55.1. The van der Waals surface area contributed by atoms with Crippen LogP contribution in [-0.4, -0.2) is 147 Å². The van der Waals surface area contributed by atoms with Gasteiger partial charge in [0.25, 0.3) is 0 Å². The molecule has 0 radical (unpaired) electrons. The topological polar surface area (TPSA) is 252 Å². The zero-order chi connectivity index (χ0) is 49.9. The lowest BCUT2D eigenvalue weighted by molar-refractivity contribution is -0.296. The molecule has 0 amide bonds. The summed E-state index contributed by atoms with van der Waals surface area (Å²) in [5.74, 6) is -6.44. The Balaban J connectivity index is 1.33. The number of cyclic esters (lactones) is 1. The fourth-order valence-corrected chi connectivity index (χ4v) is 9.41. The van der Waals surface area contributed by atoms with Crippen molar-refractivity contribution in [3.05, 3.63) is 52.9 Å². The summed E-state index contributed by atoms with van der Waals surface area (Å²) in [6.07, 6.45) is -5.63. The van der Waals surface area contributed by atoms with Crippen LogP contribution in [0.5, 0.6) is 17.2 Å². The SMILES string of the molecule is CC[C@H]1OC(=O)[C@H](C)C(=O)[C@H](C)[C@@H](O[C@@H]2O[C@H](C)C[C@H](N(C)C)[C@H]2OC(=O)CCC(=O)Oc2ccc(-c3coc4cc(O)cc(O)c4c3=O)cc2)[C@](C)(O)C[C@@H](C)CN(C)[C@H](C)[C@@H](O)[C@]1(C)O. The molecule has 0 aliphatic carbocycles. The molecule has 2 aliphatic heterocycles. The molecular formula is C49H68N2O16. The van der Waals surface area contributed by atoms with E-state index in [1.54, 1.807) is 35.0 Å². The van der Waals surface area contributed by atoms with Gasteiger partial charge in [-0.05, 0) is 98.6 Å². The van der Waals surface area contributed by atoms with E-state index in [0.29, 0.717) is 18.5 Å². The zero-order valence-electron chi connectivity index (χ0n) is 40.3. The van der Waals surface area contributed by atoms with Crippen molar-refractivity contribution < 1.29 is 72.8 Å². The number of phenols is 2. The maximum Gasteiger partial charge on any atom is 0.316 e. The normalized spacial score (nSPS) is 32.9. The monoisotopic (exact) mass is 940 g/mol. The number of fused-ring (bicyclic) bond motifs is 1. The van der Waals surface area contributed by atoms with Crippen molar-refractivity contribution in [3.8, 4) is 28.4 Å². The van der Waals surface area contributed by atoms with Crippen molar-refractivity contribution in [2.24, 2.45) is 17.8 Å². The summed E-state index contributed by atoms with van der Waals surface area (Å²) < 4.78 is 35.7. The van der Waals surface area contributed by atoms with Gasteiger partial charge in [-0.1, -0.05) is 32.9 Å². The van der Waals surface area contributed by atoms with Crippen LogP contribution in [0.25, 0.3) is 22.1 Å². The van der Waals surface area contributed by atoms with E-state index in [9.17, 15) is 49.5 Å². The number of Topliss-reactive ketones (excluding diaryl/α,β-unsaturated/α-hetero) is 1. The van der Waals surface area contributed by atoms with E-state index in [1.807, 2.05) is 23.6 Å². The smallest absolute Gasteiger partial charge is 0.316 e. The lowest BCUT2D eigenvalue weighted by atomic mass is 9.78. The molecule has 2 fully saturated rings. The van der Waals surface area contributed by atoms with Crippen LogP contribution in [0.4, 0.5) is 0 Å². The van der Waals surface area contributed by atoms with E-state index in [2.05, 4.69) is 0 Å². The Kier molecular flexibility index (Phi) is 17.1. The van der Waals surface area contributed by atoms with Crippen LogP contribution in [0.15, 0.2) is 51.9 Å². The van der Waals surface area contributed by atoms with Crippen LogP contribution in [0.2, 0.25) is 0 Å². The van der Waals surface area contributed by atoms with Crippen LogP contribution >= 0.6 is 0 Å². The first-order valence-corrected chi connectivity index (χ1v) is 22.8. The molecule has 5 rings (SSSR count). The van der Waals surface area contributed by atoms with Crippen LogP contribution in [0.3, 0.4) is 0 Å². The number of hydrogen-bond acceptors (Lipinski definition) is 18. The van der Waals surface area contributed by atoms with Crippen molar-refractivity contribution in [2.75, 3.05) is 27.7 Å². The summed E-state index contributed by atoms with van der Waals surface area (Å²) in [6, 6.07) is 7.08. The standard InChI is InChI=1S/C49H68N2O16/c1-12-37-49(8,61)44(58)29(6)51(11)23-25(2)22-48(7,60)45(27(4)41(56)28(5)46(59)65-37)67-47-43(34(50(9)10)19-26(3)63-47)66-39(55)18-17-38(54)64-32-15-13-30(14-16-32)33-24-62-36-21-31(52)20-35(53)40(36)42(33)57/h13-16,20-21,24-29,34,37,43-45,47,52-53,58,60-61H,12,17-19,22-23H2,1-11H3/t25-,26-,27+,28-,29-,34+,37-,43-,44-,45-,47+,48-,49-/m1/s1. The molecule has 370 valence electrons. The highest BCUT2D eigenvalue weighted by atomic mass is 16.7. The highest BCUT2D eigenvalue weighted by Crippen LogP contribution is 2.37. The molecule has 5 N–H and O–H groups in total. The molecule has 18 nitrogen and oxygen atoms in total. The second-order valence-electron chi connectivity index (χ2n) is 19.2. The molecule has 2 aliphatic rings. The highest BCUT2D eigenvalue weighted by Gasteiger charge is 2.51. The quantitative estimate of drug-likeness (QED) is 0.108. The number of likely N-dealkylation sites (N-methyl/N-ethyl adjacent to an activating group) is 2. The first-order valence-electron chi connectivity index (χ1n) is 22.8. The Morgan fingerprint density at radius 2 is 1.60 bits per heavy atom. The predicted octanol–water partition coefficient (Wildman–Crippen LogP) is 4.31. The Morgan fingerprint density at radius 1 is 0.955 bits per heavy atom. The number of ketones is 1. The third kappa shape index (κ3) is 12.2. The Bertz CT molecular complexity index is 2290. The molecule has 0 saturated carbocycles. The first-order chi connectivity index (χ1) is 31.3. The van der Waals surface area contributed by atoms with Gasteiger partial charge in [0, 0.05) is 30.6 Å². The summed E-state index contributed by atoms with van der Waals surface area (Å²) in [5.41, 5.74) is -3.64. The van der Waals surface area contributed by atoms with E-state index in [4.69, 9.17) is 28.1 Å². The van der Waals surface area contributed by atoms with E-state index in [0.717, 1.165) is 6.07 Å². The van der Waals surface area contributed by atoms with Gasteiger partial charge < -0.3 is 63.4 Å². The van der Waals surface area contributed by atoms with E-state index in [-0.39, 0.29) is 53.2 Å². The molecule has 18 heteroatoms. The zero-order valence-corrected chi connectivity index (χ0v) is 40.3. The number of aromatic hydroxyl groups is 2. The Hall–Kier alpha value is -4.95. The molecule has 3 aromatic rings. The average molecular weight is 941 g/mol. The Morgan fingerprint density at radius 3 is 2.22 bits per heavy atom. The number of esters is 3. The van der Waals surface area contributed by atoms with E-state index >= 15 is 0 Å². The van der Waals surface area contributed by atoms with Gasteiger partial charge in [-0.15, -0.1) is 0 Å². The second-order valence-corrected chi connectivity index (χ2v) is 19.2. The number of rotatable bonds is 10. The maximum atomic E-state index is 14.3. The average Bonchev–Trinajstić information content (AvgIpc) is 3.25. The number of phenolic OH excluding ortho intramolecular Hbond substituents is 2. The van der Waals surface area contributed by atoms with Gasteiger partial charge in [-0.2, -0.15) is 0 Å². The van der Waals surface area contributed by atoms with Crippen LogP contribution in [-0.2, 0) is 38.1 Å². The fourth-order valence-electron chi connectivity index (χ4n) is 9.41. The second kappa shape index (κ2) is 21.6. The lowest BCUT2D eigenvalue weighted by Gasteiger charge is -2.46. The third-order valence-corrected chi connectivity index (χ3v) is 13.3. The molecule has 0 bridgehead atoms. The predicted molar refractivity (Wildman–Crippen MR) is 244 cm³/mol. The molecule has 0 unspecified atom stereocenters. The van der Waals surface area contributed by atoms with E-state index < -0.39 is 113 Å². The molecule has 13 atom stereocenters. The van der Waals surface area contributed by atoms with E-state index in [1.165, 1.54) is 64.3 Å². The molecule has 2 saturated heterocycles. The summed E-state index contributed by atoms with van der Waals surface area (Å²) >= 11 is 0. The molecule has 67 heavy (non-hydrogen) atoms. The number of benzene rings is 2. The molecule has 0 spiro atoms. The van der Waals surface area contributed by atoms with Crippen molar-refractivity contribution in [1.82, 2.24) is 9.80 Å². The van der Waals surface area contributed by atoms with Gasteiger partial charge in [-0.3, -0.25) is 24.0 Å². The van der Waals surface area contributed by atoms with Gasteiger partial charge in [-0.25, -0.2) is 0 Å². The van der Waals surface area contributed by atoms with Gasteiger partial charge in [0.2, 0.25) is 5.43 Å². The number of carbonyl (C=O) groups is 4. The molecule has 2 aromatic carbocycles. The van der Waals surface area contributed by atoms with Gasteiger partial charge in [0.05, 0.1) is 42.3 Å². The van der Waals surface area contributed by atoms with Gasteiger partial charge >= 0.3 is 17.9 Å². The number of nitrogens with zero attached hydrogens (tertiary/aromatic N) is 2. The minimum atomic E-state index is -1.87. The van der Waals surface area contributed by atoms with Gasteiger partial charge in [0.15, 0.2) is 18.2 Å². The number of aliphatic hydroxyl groups excluding tert-OH is 1. The summed E-state index contributed by atoms with van der Waals surface area (Å²) in [6.45, 7) is 13.3. The van der Waals surface area contributed by atoms with Crippen molar-refractivity contribution in [2.45, 2.75) is 148 Å². The molecular weight excluding hydrogens is 873 g/mol. The molecule has 1 aromatic heterocycles. The number of aliphatic hydroxyl groups is 3. The lowest BCUT2D eigenvalue weighted by Crippen LogP contribution is -2.60. The summed E-state index contributed by atoms with van der Waals surface area (Å²) in [7, 11) is 5.36. The first kappa shape index (κ1) is 53.0. The van der Waals surface area contributed by atoms with Gasteiger partial charge in [0.1, 0.15) is 58.2 Å². The number of carbonyl (C=O) groups excluding carboxylic acids is 4. The minimum absolute atomic E-state index is 0.00107. The number of hydrogen-bond donors (Lipinski definition) is 5. The maximum absolute atomic E-state index is 14.3. The van der Waals surface area contributed by atoms with Crippen molar-refractivity contribution >= 4 is 34.7 Å². The third-order valence-electron chi connectivity index (χ3n) is 13.3. The van der Waals surface area contributed by atoms with Crippen LogP contribution in [0.1, 0.15) is 87.5 Å². The number of ether oxygens (including phenoxy) is 5. The minimum Gasteiger partial charge on any atom is -0.508 e. The van der Waals surface area contributed by atoms with Crippen molar-refractivity contribution in [3.63, 3.8) is 0 Å². The molecule has 3 heterocycles. The van der Waals surface area contributed by atoms with Crippen LogP contribution < -0.4 is 10.2 Å². The largest absolute Gasteiger partial charge is 0.508 e. The fraction of sp³-hybridized carbons (Fsp3) is 0.612. The Labute approximate surface area is 390 Å².